The molecule has 0 saturated carbocycles. The Labute approximate surface area is 118 Å². The Kier molecular flexibility index (Phi) is 4.56. The van der Waals surface area contributed by atoms with Crippen LogP contribution in [0.3, 0.4) is 0 Å². The summed E-state index contributed by atoms with van der Waals surface area (Å²) < 4.78 is 10.4. The average Bonchev–Trinajstić information content (AvgIpc) is 2.52. The van der Waals surface area contributed by atoms with Crippen molar-refractivity contribution in [2.75, 3.05) is 7.11 Å². The highest BCUT2D eigenvalue weighted by atomic mass is 16.5. The summed E-state index contributed by atoms with van der Waals surface area (Å²) in [4.78, 5) is 11.4. The van der Waals surface area contributed by atoms with Gasteiger partial charge in [-0.15, -0.1) is 0 Å². The fourth-order valence-corrected chi connectivity index (χ4v) is 1.76. The fraction of sp³-hybridized carbons (Fsp3) is 0.118. The van der Waals surface area contributed by atoms with Gasteiger partial charge in [-0.2, -0.15) is 0 Å². The predicted octanol–water partition coefficient (Wildman–Crippen LogP) is 3.45. The molecule has 0 atom stereocenters. The van der Waals surface area contributed by atoms with E-state index in [0.717, 1.165) is 5.56 Å². The van der Waals surface area contributed by atoms with Gasteiger partial charge in [0.05, 0.1) is 12.7 Å². The summed E-state index contributed by atoms with van der Waals surface area (Å²) in [6, 6.07) is 17.1. The molecule has 2 aromatic carbocycles. The largest absolute Gasteiger partial charge is 0.489 e. The topological polar surface area (TPSA) is 35.5 Å². The van der Waals surface area contributed by atoms with Gasteiger partial charge >= 0.3 is 5.97 Å². The summed E-state index contributed by atoms with van der Waals surface area (Å²) in [5, 5.41) is 0. The predicted molar refractivity (Wildman–Crippen MR) is 78.3 cm³/mol. The van der Waals surface area contributed by atoms with E-state index >= 15 is 0 Å². The zero-order chi connectivity index (χ0) is 14.4. The molecular formula is C17H16O3. The van der Waals surface area contributed by atoms with Crippen LogP contribution in [0.15, 0.2) is 61.2 Å². The minimum absolute atomic E-state index is 0.317. The van der Waals surface area contributed by atoms with E-state index in [9.17, 15) is 4.79 Å². The number of carbonyl (C=O) groups excluding carboxylic acids is 1. The first-order valence-corrected chi connectivity index (χ1v) is 6.25. The Morgan fingerprint density at radius 2 is 1.85 bits per heavy atom. The van der Waals surface area contributed by atoms with Crippen molar-refractivity contribution < 1.29 is 14.3 Å². The first kappa shape index (κ1) is 13.9. The second kappa shape index (κ2) is 6.57. The number of methoxy groups -OCH3 is 1. The molecule has 0 spiro atoms. The van der Waals surface area contributed by atoms with Crippen molar-refractivity contribution >= 4 is 11.5 Å². The van der Waals surface area contributed by atoms with Crippen molar-refractivity contribution in [3.05, 3.63) is 72.3 Å². The van der Waals surface area contributed by atoms with Gasteiger partial charge < -0.3 is 9.47 Å². The molecule has 3 heteroatoms. The quantitative estimate of drug-likeness (QED) is 0.615. The SMILES string of the molecule is C=C(C(=O)OC)c1cccc(OCc2ccccc2)c1. The van der Waals surface area contributed by atoms with E-state index in [1.165, 1.54) is 7.11 Å². The Morgan fingerprint density at radius 1 is 1.10 bits per heavy atom. The number of benzene rings is 2. The van der Waals surface area contributed by atoms with Gasteiger partial charge in [0.15, 0.2) is 0 Å². The van der Waals surface area contributed by atoms with Gasteiger partial charge in [-0.25, -0.2) is 4.79 Å². The van der Waals surface area contributed by atoms with Crippen molar-refractivity contribution in [1.29, 1.82) is 0 Å². The molecule has 102 valence electrons. The van der Waals surface area contributed by atoms with Crippen LogP contribution in [0.2, 0.25) is 0 Å². The lowest BCUT2D eigenvalue weighted by molar-refractivity contribution is -0.133. The summed E-state index contributed by atoms with van der Waals surface area (Å²) >= 11 is 0. The lowest BCUT2D eigenvalue weighted by Gasteiger charge is -2.09. The molecule has 0 aliphatic heterocycles. The molecule has 0 radical (unpaired) electrons. The first-order chi connectivity index (χ1) is 9.70. The Hall–Kier alpha value is -2.55. The number of esters is 1. The summed E-state index contributed by atoms with van der Waals surface area (Å²) in [6.07, 6.45) is 0. The van der Waals surface area contributed by atoms with Crippen molar-refractivity contribution in [2.45, 2.75) is 6.61 Å². The molecule has 0 aromatic heterocycles. The van der Waals surface area contributed by atoms with E-state index in [1.807, 2.05) is 42.5 Å². The van der Waals surface area contributed by atoms with Crippen LogP contribution in [0, 0.1) is 0 Å². The number of ether oxygens (including phenoxy) is 2. The maximum Gasteiger partial charge on any atom is 0.337 e. The second-order valence-corrected chi connectivity index (χ2v) is 4.27. The molecular weight excluding hydrogens is 252 g/mol. The van der Waals surface area contributed by atoms with E-state index in [4.69, 9.17) is 4.74 Å². The zero-order valence-corrected chi connectivity index (χ0v) is 11.3. The van der Waals surface area contributed by atoms with Crippen molar-refractivity contribution in [3.8, 4) is 5.75 Å². The lowest BCUT2D eigenvalue weighted by Crippen LogP contribution is -2.03. The maximum absolute atomic E-state index is 11.4. The molecule has 20 heavy (non-hydrogen) atoms. The number of carbonyl (C=O) groups is 1. The molecule has 0 fully saturated rings. The van der Waals surface area contributed by atoms with Crippen LogP contribution in [0.1, 0.15) is 11.1 Å². The number of hydrogen-bond acceptors (Lipinski definition) is 3. The number of rotatable bonds is 5. The van der Waals surface area contributed by atoms with Crippen molar-refractivity contribution in [2.24, 2.45) is 0 Å². The van der Waals surface area contributed by atoms with E-state index in [1.54, 1.807) is 12.1 Å². The fourth-order valence-electron chi connectivity index (χ4n) is 1.76. The molecule has 2 rings (SSSR count). The summed E-state index contributed by atoms with van der Waals surface area (Å²) in [5.41, 5.74) is 2.10. The molecule has 0 amide bonds. The highest BCUT2D eigenvalue weighted by Crippen LogP contribution is 2.20. The van der Waals surface area contributed by atoms with Crippen LogP contribution >= 0.6 is 0 Å². The van der Waals surface area contributed by atoms with Gasteiger partial charge in [0.1, 0.15) is 12.4 Å². The minimum atomic E-state index is -0.440. The molecule has 0 saturated heterocycles. The second-order valence-electron chi connectivity index (χ2n) is 4.27. The van der Waals surface area contributed by atoms with E-state index < -0.39 is 5.97 Å². The standard InChI is InChI=1S/C17H16O3/c1-13(17(18)19-2)15-9-6-10-16(11-15)20-12-14-7-4-3-5-8-14/h3-11H,1,12H2,2H3. The van der Waals surface area contributed by atoms with Crippen LogP contribution in [0.25, 0.3) is 5.57 Å². The molecule has 2 aromatic rings. The van der Waals surface area contributed by atoms with Crippen LogP contribution in [0.4, 0.5) is 0 Å². The molecule has 3 nitrogen and oxygen atoms in total. The van der Waals surface area contributed by atoms with E-state index in [-0.39, 0.29) is 0 Å². The maximum atomic E-state index is 11.4. The highest BCUT2D eigenvalue weighted by molar-refractivity contribution is 6.15. The van der Waals surface area contributed by atoms with E-state index in [0.29, 0.717) is 23.5 Å². The summed E-state index contributed by atoms with van der Waals surface area (Å²) in [7, 11) is 1.34. The Bertz CT molecular complexity index is 603. The molecule has 0 bridgehead atoms. The Morgan fingerprint density at radius 3 is 2.55 bits per heavy atom. The molecule has 0 aliphatic carbocycles. The van der Waals surface area contributed by atoms with Gasteiger partial charge in [-0.1, -0.05) is 49.0 Å². The number of hydrogen-bond donors (Lipinski definition) is 0. The van der Waals surface area contributed by atoms with Gasteiger partial charge in [-0.05, 0) is 23.3 Å². The molecule has 0 heterocycles. The van der Waals surface area contributed by atoms with Crippen LogP contribution in [0.5, 0.6) is 5.75 Å². The summed E-state index contributed by atoms with van der Waals surface area (Å²) in [5.74, 6) is 0.251. The highest BCUT2D eigenvalue weighted by Gasteiger charge is 2.10. The smallest absolute Gasteiger partial charge is 0.337 e. The minimum Gasteiger partial charge on any atom is -0.489 e. The van der Waals surface area contributed by atoms with Crippen LogP contribution in [-0.2, 0) is 16.1 Å². The van der Waals surface area contributed by atoms with Gasteiger partial charge in [0, 0.05) is 0 Å². The first-order valence-electron chi connectivity index (χ1n) is 6.25. The lowest BCUT2D eigenvalue weighted by atomic mass is 10.1. The zero-order valence-electron chi connectivity index (χ0n) is 11.3. The van der Waals surface area contributed by atoms with E-state index in [2.05, 4.69) is 11.3 Å². The normalized spacial score (nSPS) is 9.85. The molecule has 0 N–H and O–H groups in total. The van der Waals surface area contributed by atoms with Gasteiger partial charge in [0.2, 0.25) is 0 Å². The third kappa shape index (κ3) is 3.48. The third-order valence-electron chi connectivity index (χ3n) is 2.86. The van der Waals surface area contributed by atoms with Crippen LogP contribution < -0.4 is 4.74 Å². The van der Waals surface area contributed by atoms with Gasteiger partial charge in [-0.3, -0.25) is 0 Å². The molecule has 0 aliphatic rings. The average molecular weight is 268 g/mol. The van der Waals surface area contributed by atoms with Crippen LogP contribution in [-0.4, -0.2) is 13.1 Å². The van der Waals surface area contributed by atoms with Crippen molar-refractivity contribution in [1.82, 2.24) is 0 Å². The third-order valence-corrected chi connectivity index (χ3v) is 2.86. The monoisotopic (exact) mass is 268 g/mol. The summed E-state index contributed by atoms with van der Waals surface area (Å²) in [6.45, 7) is 4.21. The molecule has 0 unspecified atom stereocenters. The van der Waals surface area contributed by atoms with Crippen molar-refractivity contribution in [3.63, 3.8) is 0 Å². The Balaban J connectivity index is 2.06. The van der Waals surface area contributed by atoms with Gasteiger partial charge in [0.25, 0.3) is 0 Å².